The zero-order valence-electron chi connectivity index (χ0n) is 19.2. The summed E-state index contributed by atoms with van der Waals surface area (Å²) in [5, 5.41) is 2.99. The van der Waals surface area contributed by atoms with Crippen molar-refractivity contribution in [3.8, 4) is 0 Å². The maximum atomic E-state index is 13.4. The minimum absolute atomic E-state index is 0.0959. The number of imide groups is 1. The first-order valence-corrected chi connectivity index (χ1v) is 11.9. The summed E-state index contributed by atoms with van der Waals surface area (Å²) < 4.78 is 18.5. The molecule has 1 heterocycles. The molecular formula is C27H23FN2O4S. The molecule has 3 aromatic carbocycles. The molecule has 1 N–H and O–H groups in total. The lowest BCUT2D eigenvalue weighted by Gasteiger charge is -2.16. The van der Waals surface area contributed by atoms with Crippen LogP contribution in [0.15, 0.2) is 88.3 Å². The van der Waals surface area contributed by atoms with E-state index in [1.54, 1.807) is 0 Å². The molecule has 1 aliphatic rings. The molecule has 178 valence electrons. The SMILES string of the molecule is CCCOC(=O)c1ccc(N2C(=O)C(Nc3ccc(F)cc3)=C(Sc3ccc(C)cc3)C2=O)cc1. The summed E-state index contributed by atoms with van der Waals surface area (Å²) in [6.45, 7) is 4.17. The Morgan fingerprint density at radius 3 is 2.23 bits per heavy atom. The van der Waals surface area contributed by atoms with E-state index in [0.717, 1.165) is 15.4 Å². The summed E-state index contributed by atoms with van der Waals surface area (Å²) in [6, 6.07) is 19.2. The largest absolute Gasteiger partial charge is 0.462 e. The molecule has 8 heteroatoms. The van der Waals surface area contributed by atoms with Crippen LogP contribution in [0.5, 0.6) is 0 Å². The first-order chi connectivity index (χ1) is 16.9. The Morgan fingerprint density at radius 1 is 0.943 bits per heavy atom. The van der Waals surface area contributed by atoms with Crippen LogP contribution in [0.1, 0.15) is 29.3 Å². The molecule has 0 radical (unpaired) electrons. The molecule has 4 rings (SSSR count). The van der Waals surface area contributed by atoms with Gasteiger partial charge >= 0.3 is 5.97 Å². The van der Waals surface area contributed by atoms with E-state index in [4.69, 9.17) is 4.74 Å². The fourth-order valence-electron chi connectivity index (χ4n) is 3.38. The molecule has 0 saturated carbocycles. The fourth-order valence-corrected chi connectivity index (χ4v) is 4.30. The summed E-state index contributed by atoms with van der Waals surface area (Å²) in [5.41, 5.74) is 2.29. The predicted octanol–water partition coefficient (Wildman–Crippen LogP) is 5.69. The summed E-state index contributed by atoms with van der Waals surface area (Å²) in [6.07, 6.45) is 0.706. The first kappa shape index (κ1) is 24.2. The van der Waals surface area contributed by atoms with Crippen LogP contribution in [0.3, 0.4) is 0 Å². The molecular weight excluding hydrogens is 467 g/mol. The van der Waals surface area contributed by atoms with Gasteiger partial charge in [0.15, 0.2) is 0 Å². The van der Waals surface area contributed by atoms with E-state index in [1.165, 1.54) is 60.3 Å². The highest BCUT2D eigenvalue weighted by atomic mass is 32.2. The Kier molecular flexibility index (Phi) is 7.31. The number of ether oxygens (including phenoxy) is 1. The molecule has 0 saturated heterocycles. The number of carbonyl (C=O) groups excluding carboxylic acids is 3. The van der Waals surface area contributed by atoms with E-state index < -0.39 is 23.6 Å². The van der Waals surface area contributed by atoms with Crippen LogP contribution < -0.4 is 10.2 Å². The van der Waals surface area contributed by atoms with Crippen LogP contribution in [0.4, 0.5) is 15.8 Å². The number of esters is 1. The average molecular weight is 491 g/mol. The molecule has 0 aromatic heterocycles. The van der Waals surface area contributed by atoms with Crippen LogP contribution >= 0.6 is 11.8 Å². The van der Waals surface area contributed by atoms with Crippen LogP contribution in [-0.4, -0.2) is 24.4 Å². The van der Waals surface area contributed by atoms with Crippen molar-refractivity contribution in [2.75, 3.05) is 16.8 Å². The van der Waals surface area contributed by atoms with Crippen molar-refractivity contribution in [2.24, 2.45) is 0 Å². The summed E-state index contributed by atoms with van der Waals surface area (Å²) >= 11 is 1.17. The van der Waals surface area contributed by atoms with E-state index in [1.807, 2.05) is 38.1 Å². The number of nitrogens with one attached hydrogen (secondary N) is 1. The zero-order valence-corrected chi connectivity index (χ0v) is 20.0. The normalized spacial score (nSPS) is 13.4. The van der Waals surface area contributed by atoms with Crippen LogP contribution in [0.25, 0.3) is 0 Å². The Morgan fingerprint density at radius 2 is 1.60 bits per heavy atom. The minimum atomic E-state index is -0.546. The third-order valence-corrected chi connectivity index (χ3v) is 6.29. The van der Waals surface area contributed by atoms with Gasteiger partial charge in [0.2, 0.25) is 0 Å². The van der Waals surface area contributed by atoms with Gasteiger partial charge in [-0.15, -0.1) is 0 Å². The van der Waals surface area contributed by atoms with Crippen LogP contribution in [0, 0.1) is 12.7 Å². The molecule has 1 aliphatic heterocycles. The van der Waals surface area contributed by atoms with Gasteiger partial charge in [0.05, 0.1) is 17.9 Å². The molecule has 0 bridgehead atoms. The highest BCUT2D eigenvalue weighted by Crippen LogP contribution is 2.38. The third-order valence-electron chi connectivity index (χ3n) is 5.19. The van der Waals surface area contributed by atoms with Gasteiger partial charge in [-0.3, -0.25) is 9.59 Å². The maximum absolute atomic E-state index is 13.4. The number of thioether (sulfide) groups is 1. The number of benzene rings is 3. The second kappa shape index (κ2) is 10.6. The number of aryl methyl sites for hydroxylation is 1. The number of halogens is 1. The number of hydrogen-bond donors (Lipinski definition) is 1. The maximum Gasteiger partial charge on any atom is 0.338 e. The Labute approximate surface area is 206 Å². The highest BCUT2D eigenvalue weighted by molar-refractivity contribution is 8.04. The average Bonchev–Trinajstić information content (AvgIpc) is 3.09. The van der Waals surface area contributed by atoms with Gasteiger partial charge in [-0.25, -0.2) is 14.1 Å². The number of carbonyl (C=O) groups is 3. The lowest BCUT2D eigenvalue weighted by Crippen LogP contribution is -2.32. The van der Waals surface area contributed by atoms with E-state index >= 15 is 0 Å². The molecule has 6 nitrogen and oxygen atoms in total. The van der Waals surface area contributed by atoms with Gasteiger partial charge < -0.3 is 10.1 Å². The smallest absolute Gasteiger partial charge is 0.338 e. The number of nitrogens with zero attached hydrogens (tertiary/aromatic N) is 1. The van der Waals surface area contributed by atoms with Gasteiger partial charge in [0.25, 0.3) is 11.8 Å². The number of anilines is 2. The quantitative estimate of drug-likeness (QED) is 0.323. The summed E-state index contributed by atoms with van der Waals surface area (Å²) in [7, 11) is 0. The zero-order chi connectivity index (χ0) is 24.9. The van der Waals surface area contributed by atoms with Gasteiger partial charge in [0, 0.05) is 10.6 Å². The second-order valence-corrected chi connectivity index (χ2v) is 8.96. The molecule has 0 fully saturated rings. The van der Waals surface area contributed by atoms with Crippen molar-refractivity contribution in [1.82, 2.24) is 0 Å². The lowest BCUT2D eigenvalue weighted by molar-refractivity contribution is -0.120. The molecule has 0 spiro atoms. The van der Waals surface area contributed by atoms with Crippen LogP contribution in [-0.2, 0) is 14.3 Å². The van der Waals surface area contributed by atoms with Gasteiger partial charge in [-0.2, -0.15) is 0 Å². The molecule has 0 aliphatic carbocycles. The molecule has 2 amide bonds. The van der Waals surface area contributed by atoms with Crippen molar-refractivity contribution >= 4 is 40.9 Å². The molecule has 3 aromatic rings. The van der Waals surface area contributed by atoms with Crippen molar-refractivity contribution < 1.29 is 23.5 Å². The Bertz CT molecular complexity index is 1220. The van der Waals surface area contributed by atoms with Crippen molar-refractivity contribution in [2.45, 2.75) is 25.2 Å². The Balaban J connectivity index is 1.65. The van der Waals surface area contributed by atoms with Crippen molar-refractivity contribution in [3.63, 3.8) is 0 Å². The number of rotatable bonds is 8. The van der Waals surface area contributed by atoms with Gasteiger partial charge in [0.1, 0.15) is 16.4 Å². The van der Waals surface area contributed by atoms with Crippen molar-refractivity contribution in [3.05, 3.63) is 100 Å². The summed E-state index contributed by atoms with van der Waals surface area (Å²) in [4.78, 5) is 41.0. The second-order valence-electron chi connectivity index (χ2n) is 7.88. The van der Waals surface area contributed by atoms with E-state index in [-0.39, 0.29) is 10.6 Å². The standard InChI is InChI=1S/C27H23FN2O4S/c1-3-16-34-27(33)18-6-12-21(13-7-18)30-25(31)23(29-20-10-8-19(28)9-11-20)24(26(30)32)35-22-14-4-17(2)5-15-22/h4-15,29H,3,16H2,1-2H3. The minimum Gasteiger partial charge on any atom is -0.462 e. The highest BCUT2D eigenvalue weighted by Gasteiger charge is 2.40. The predicted molar refractivity (Wildman–Crippen MR) is 134 cm³/mol. The third kappa shape index (κ3) is 5.44. The van der Waals surface area contributed by atoms with Crippen LogP contribution in [0.2, 0.25) is 0 Å². The first-order valence-electron chi connectivity index (χ1n) is 11.0. The lowest BCUT2D eigenvalue weighted by atomic mass is 10.2. The molecule has 35 heavy (non-hydrogen) atoms. The Hall–Kier alpha value is -3.91. The van der Waals surface area contributed by atoms with Crippen molar-refractivity contribution in [1.29, 1.82) is 0 Å². The van der Waals surface area contributed by atoms with E-state index in [2.05, 4.69) is 5.32 Å². The number of hydrogen-bond acceptors (Lipinski definition) is 6. The van der Waals surface area contributed by atoms with E-state index in [0.29, 0.717) is 30.0 Å². The van der Waals surface area contributed by atoms with E-state index in [9.17, 15) is 18.8 Å². The molecule has 0 atom stereocenters. The summed E-state index contributed by atoms with van der Waals surface area (Å²) in [5.74, 6) is -1.92. The van der Waals surface area contributed by atoms with Gasteiger partial charge in [-0.05, 0) is 74.0 Å². The number of amides is 2. The topological polar surface area (TPSA) is 75.7 Å². The fraction of sp³-hybridized carbons (Fsp3) is 0.148. The monoisotopic (exact) mass is 490 g/mol. The van der Waals surface area contributed by atoms with Gasteiger partial charge in [-0.1, -0.05) is 36.4 Å². The molecule has 0 unspecified atom stereocenters.